The van der Waals surface area contributed by atoms with Crippen LogP contribution in [0.2, 0.25) is 0 Å². The number of rotatable bonds is 8. The Kier molecular flexibility index (Phi) is 6.57. The molecule has 0 unspecified atom stereocenters. The molecule has 1 aromatic rings. The molecule has 1 aromatic heterocycles. The van der Waals surface area contributed by atoms with Crippen LogP contribution in [0.15, 0.2) is 12.3 Å². The molecule has 0 atom stereocenters. The summed E-state index contributed by atoms with van der Waals surface area (Å²) in [5, 5.41) is 7.92. The number of nitrogens with one attached hydrogen (secondary N) is 1. The molecule has 16 heavy (non-hydrogen) atoms. The lowest BCUT2D eigenvalue weighted by Crippen LogP contribution is -2.19. The van der Waals surface area contributed by atoms with Crippen LogP contribution in [0.25, 0.3) is 0 Å². The number of hydrogen-bond acceptors (Lipinski definition) is 3. The summed E-state index contributed by atoms with van der Waals surface area (Å²) in [6, 6.07) is 2.10. The maximum absolute atomic E-state index is 4.52. The number of nitrogens with zero attached hydrogens (tertiary/aromatic N) is 2. The molecule has 0 saturated carbocycles. The average molecular weight is 241 g/mol. The molecular weight excluding hydrogens is 218 g/mol. The molecule has 0 radical (unpaired) electrons. The van der Waals surface area contributed by atoms with E-state index in [0.717, 1.165) is 31.1 Å². The van der Waals surface area contributed by atoms with Gasteiger partial charge in [-0.15, -0.1) is 0 Å². The molecule has 4 heteroatoms. The Balaban J connectivity index is 2.22. The van der Waals surface area contributed by atoms with Crippen molar-refractivity contribution in [1.82, 2.24) is 15.1 Å². The third kappa shape index (κ3) is 5.56. The maximum Gasteiger partial charge on any atom is 0.0762 e. The van der Waals surface area contributed by atoms with Gasteiger partial charge in [-0.1, -0.05) is 20.8 Å². The van der Waals surface area contributed by atoms with E-state index in [1.54, 1.807) is 0 Å². The molecule has 0 aliphatic carbocycles. The predicted octanol–water partition coefficient (Wildman–Crippen LogP) is 2.38. The van der Waals surface area contributed by atoms with Crippen molar-refractivity contribution in [3.63, 3.8) is 0 Å². The lowest BCUT2D eigenvalue weighted by molar-refractivity contribution is 0.542. The summed E-state index contributed by atoms with van der Waals surface area (Å²) >= 11 is 1.96. The van der Waals surface area contributed by atoms with E-state index in [1.807, 2.05) is 16.4 Å². The van der Waals surface area contributed by atoms with Crippen LogP contribution in [0.4, 0.5) is 0 Å². The number of thioether (sulfide) groups is 1. The maximum atomic E-state index is 4.52. The minimum atomic E-state index is 0.697. The molecule has 3 nitrogen and oxygen atoms in total. The van der Waals surface area contributed by atoms with Crippen LogP contribution < -0.4 is 5.32 Å². The van der Waals surface area contributed by atoms with E-state index < -0.39 is 0 Å². The van der Waals surface area contributed by atoms with Crippen molar-refractivity contribution >= 4 is 11.8 Å². The zero-order valence-electron chi connectivity index (χ0n) is 10.6. The van der Waals surface area contributed by atoms with Crippen molar-refractivity contribution in [1.29, 1.82) is 0 Å². The van der Waals surface area contributed by atoms with Crippen molar-refractivity contribution in [3.8, 4) is 0 Å². The molecule has 0 aliphatic rings. The zero-order chi connectivity index (χ0) is 11.8. The Morgan fingerprint density at radius 2 is 2.31 bits per heavy atom. The first-order valence-electron chi connectivity index (χ1n) is 6.03. The predicted molar refractivity (Wildman–Crippen MR) is 71.8 cm³/mol. The molecule has 0 spiro atoms. The fourth-order valence-electron chi connectivity index (χ4n) is 1.41. The van der Waals surface area contributed by atoms with Crippen LogP contribution in [-0.4, -0.2) is 27.8 Å². The summed E-state index contributed by atoms with van der Waals surface area (Å²) in [5.41, 5.74) is 1.14. The Labute approximate surface area is 103 Å². The largest absolute Gasteiger partial charge is 0.311 e. The smallest absolute Gasteiger partial charge is 0.0762 e. The van der Waals surface area contributed by atoms with Crippen molar-refractivity contribution in [2.24, 2.45) is 5.92 Å². The van der Waals surface area contributed by atoms with Crippen LogP contribution in [0, 0.1) is 5.92 Å². The molecule has 92 valence electrons. The van der Waals surface area contributed by atoms with Crippen molar-refractivity contribution in [3.05, 3.63) is 18.0 Å². The van der Waals surface area contributed by atoms with Gasteiger partial charge in [-0.05, 0) is 24.3 Å². The van der Waals surface area contributed by atoms with Gasteiger partial charge in [-0.3, -0.25) is 4.68 Å². The number of hydrogen-bond donors (Lipinski definition) is 1. The second kappa shape index (κ2) is 7.74. The Morgan fingerprint density at radius 1 is 1.50 bits per heavy atom. The highest BCUT2D eigenvalue weighted by Gasteiger charge is 1.99. The topological polar surface area (TPSA) is 29.9 Å². The Bertz CT molecular complexity index is 284. The van der Waals surface area contributed by atoms with E-state index in [0.29, 0.717) is 5.92 Å². The van der Waals surface area contributed by atoms with Gasteiger partial charge >= 0.3 is 0 Å². The molecule has 0 bridgehead atoms. The van der Waals surface area contributed by atoms with Gasteiger partial charge in [0.15, 0.2) is 0 Å². The molecule has 0 amide bonds. The molecule has 1 N–H and O–H groups in total. The van der Waals surface area contributed by atoms with E-state index in [-0.39, 0.29) is 0 Å². The van der Waals surface area contributed by atoms with Crippen LogP contribution >= 0.6 is 11.8 Å². The SMILES string of the molecule is CCSCCn1ccc(CNCC(C)C)n1. The lowest BCUT2D eigenvalue weighted by atomic mass is 10.2. The van der Waals surface area contributed by atoms with E-state index in [4.69, 9.17) is 0 Å². The fraction of sp³-hybridized carbons (Fsp3) is 0.750. The third-order valence-electron chi connectivity index (χ3n) is 2.22. The first-order valence-corrected chi connectivity index (χ1v) is 7.18. The van der Waals surface area contributed by atoms with Crippen LogP contribution in [0.1, 0.15) is 26.5 Å². The highest BCUT2D eigenvalue weighted by molar-refractivity contribution is 7.99. The van der Waals surface area contributed by atoms with Crippen molar-refractivity contribution in [2.75, 3.05) is 18.1 Å². The van der Waals surface area contributed by atoms with Crippen molar-refractivity contribution in [2.45, 2.75) is 33.9 Å². The average Bonchev–Trinajstić information content (AvgIpc) is 2.66. The standard InChI is InChI=1S/C12H23N3S/c1-4-16-8-7-15-6-5-12(14-15)10-13-9-11(2)3/h5-6,11,13H,4,7-10H2,1-3H3. The van der Waals surface area contributed by atoms with Gasteiger partial charge in [0.25, 0.3) is 0 Å². The van der Waals surface area contributed by atoms with Gasteiger partial charge < -0.3 is 5.32 Å². The molecule has 0 fully saturated rings. The molecule has 0 saturated heterocycles. The third-order valence-corrected chi connectivity index (χ3v) is 3.10. The minimum absolute atomic E-state index is 0.697. The van der Waals surface area contributed by atoms with Gasteiger partial charge in [0, 0.05) is 25.0 Å². The summed E-state index contributed by atoms with van der Waals surface area (Å²) in [5.74, 6) is 3.03. The monoisotopic (exact) mass is 241 g/mol. The van der Waals surface area contributed by atoms with Gasteiger partial charge in [0.2, 0.25) is 0 Å². The lowest BCUT2D eigenvalue weighted by Gasteiger charge is -2.05. The van der Waals surface area contributed by atoms with E-state index in [2.05, 4.69) is 43.4 Å². The highest BCUT2D eigenvalue weighted by atomic mass is 32.2. The fourth-order valence-corrected chi connectivity index (χ4v) is 2.02. The number of aryl methyl sites for hydroxylation is 1. The van der Waals surface area contributed by atoms with E-state index in [9.17, 15) is 0 Å². The normalized spacial score (nSPS) is 11.2. The van der Waals surface area contributed by atoms with Gasteiger partial charge in [-0.25, -0.2) is 0 Å². The zero-order valence-corrected chi connectivity index (χ0v) is 11.4. The number of aromatic nitrogens is 2. The van der Waals surface area contributed by atoms with E-state index >= 15 is 0 Å². The molecule has 1 heterocycles. The second-order valence-electron chi connectivity index (χ2n) is 4.29. The summed E-state index contributed by atoms with van der Waals surface area (Å²) in [6.45, 7) is 9.57. The first kappa shape index (κ1) is 13.6. The minimum Gasteiger partial charge on any atom is -0.311 e. The van der Waals surface area contributed by atoms with Crippen LogP contribution in [0.5, 0.6) is 0 Å². The molecular formula is C12H23N3S. The van der Waals surface area contributed by atoms with Crippen LogP contribution in [0.3, 0.4) is 0 Å². The Hall–Kier alpha value is -0.480. The van der Waals surface area contributed by atoms with E-state index in [1.165, 1.54) is 5.75 Å². The van der Waals surface area contributed by atoms with Crippen LogP contribution in [-0.2, 0) is 13.1 Å². The summed E-state index contributed by atoms with van der Waals surface area (Å²) in [4.78, 5) is 0. The van der Waals surface area contributed by atoms with Crippen molar-refractivity contribution < 1.29 is 0 Å². The summed E-state index contributed by atoms with van der Waals surface area (Å²) in [6.07, 6.45) is 2.07. The second-order valence-corrected chi connectivity index (χ2v) is 5.69. The van der Waals surface area contributed by atoms with Gasteiger partial charge in [-0.2, -0.15) is 16.9 Å². The quantitative estimate of drug-likeness (QED) is 0.709. The van der Waals surface area contributed by atoms with Gasteiger partial charge in [0.05, 0.1) is 5.69 Å². The Morgan fingerprint density at radius 3 is 3.00 bits per heavy atom. The van der Waals surface area contributed by atoms with Gasteiger partial charge in [0.1, 0.15) is 0 Å². The first-order chi connectivity index (χ1) is 7.72. The highest BCUT2D eigenvalue weighted by Crippen LogP contribution is 2.01. The molecule has 0 aliphatic heterocycles. The molecule has 1 rings (SSSR count). The summed E-state index contributed by atoms with van der Waals surface area (Å²) in [7, 11) is 0. The molecule has 0 aromatic carbocycles. The summed E-state index contributed by atoms with van der Waals surface area (Å²) < 4.78 is 2.04.